The molecule has 2 rings (SSSR count). The maximum absolute atomic E-state index is 12.0. The van der Waals surface area contributed by atoms with Gasteiger partial charge >= 0.3 is 5.97 Å². The fourth-order valence-corrected chi connectivity index (χ4v) is 1.75. The predicted molar refractivity (Wildman–Crippen MR) is 68.7 cm³/mol. The van der Waals surface area contributed by atoms with Crippen molar-refractivity contribution in [2.75, 3.05) is 13.7 Å². The minimum atomic E-state index is -1.06. The van der Waals surface area contributed by atoms with E-state index in [1.165, 1.54) is 7.11 Å². The quantitative estimate of drug-likeness (QED) is 0.697. The van der Waals surface area contributed by atoms with Gasteiger partial charge < -0.3 is 20.1 Å². The number of rotatable bonds is 4. The van der Waals surface area contributed by atoms with Crippen molar-refractivity contribution in [2.24, 2.45) is 0 Å². The van der Waals surface area contributed by atoms with Crippen LogP contribution in [0.4, 0.5) is 0 Å². The van der Waals surface area contributed by atoms with Crippen molar-refractivity contribution in [3.05, 3.63) is 36.0 Å². The predicted octanol–water partition coefficient (Wildman–Crippen LogP) is 0.432. The van der Waals surface area contributed by atoms with E-state index in [-0.39, 0.29) is 0 Å². The molecule has 0 saturated heterocycles. The molecule has 0 saturated carbocycles. The van der Waals surface area contributed by atoms with Gasteiger partial charge in [-0.3, -0.25) is 4.79 Å². The van der Waals surface area contributed by atoms with Crippen molar-refractivity contribution in [2.45, 2.75) is 6.04 Å². The van der Waals surface area contributed by atoms with Crippen LogP contribution in [0.25, 0.3) is 10.9 Å². The number of amides is 1. The van der Waals surface area contributed by atoms with E-state index in [2.05, 4.69) is 15.0 Å². The number of esters is 1. The Kier molecular flexibility index (Phi) is 3.82. The minimum absolute atomic E-state index is 0.400. The lowest BCUT2D eigenvalue weighted by molar-refractivity contribution is -0.143. The SMILES string of the molecule is COC(=O)C(CO)NC(=O)c1ccc2cc[nH]c2c1. The Balaban J connectivity index is 2.16. The Morgan fingerprint density at radius 1 is 1.42 bits per heavy atom. The van der Waals surface area contributed by atoms with E-state index in [9.17, 15) is 9.59 Å². The van der Waals surface area contributed by atoms with Crippen LogP contribution in [0.2, 0.25) is 0 Å². The second-order valence-corrected chi connectivity index (χ2v) is 4.01. The van der Waals surface area contributed by atoms with Crippen molar-refractivity contribution in [3.63, 3.8) is 0 Å². The van der Waals surface area contributed by atoms with Crippen molar-refractivity contribution >= 4 is 22.8 Å². The largest absolute Gasteiger partial charge is 0.467 e. The normalized spacial score (nSPS) is 12.1. The van der Waals surface area contributed by atoms with Crippen molar-refractivity contribution in [3.8, 4) is 0 Å². The first-order valence-electron chi connectivity index (χ1n) is 5.72. The summed E-state index contributed by atoms with van der Waals surface area (Å²) in [7, 11) is 1.20. The molecule has 0 aliphatic heterocycles. The molecule has 1 heterocycles. The number of aromatic nitrogens is 1. The van der Waals surface area contributed by atoms with Crippen LogP contribution in [-0.4, -0.2) is 41.7 Å². The number of hydrogen-bond donors (Lipinski definition) is 3. The molecular weight excluding hydrogens is 248 g/mol. The molecule has 3 N–H and O–H groups in total. The minimum Gasteiger partial charge on any atom is -0.467 e. The monoisotopic (exact) mass is 262 g/mol. The van der Waals surface area contributed by atoms with Gasteiger partial charge in [-0.05, 0) is 23.6 Å². The molecule has 1 unspecified atom stereocenters. The summed E-state index contributed by atoms with van der Waals surface area (Å²) in [5, 5.41) is 12.4. The molecule has 1 amide bonds. The molecule has 0 aliphatic carbocycles. The van der Waals surface area contributed by atoms with Crippen LogP contribution in [0, 0.1) is 0 Å². The first-order chi connectivity index (χ1) is 9.15. The molecule has 19 heavy (non-hydrogen) atoms. The van der Waals surface area contributed by atoms with E-state index in [1.807, 2.05) is 6.07 Å². The van der Waals surface area contributed by atoms with Crippen LogP contribution in [0.3, 0.4) is 0 Å². The van der Waals surface area contributed by atoms with Crippen LogP contribution in [0.5, 0.6) is 0 Å². The van der Waals surface area contributed by atoms with E-state index in [0.29, 0.717) is 5.56 Å². The van der Waals surface area contributed by atoms with Gasteiger partial charge in [0, 0.05) is 17.3 Å². The number of hydrogen-bond acceptors (Lipinski definition) is 4. The molecule has 0 radical (unpaired) electrons. The van der Waals surface area contributed by atoms with Crippen LogP contribution >= 0.6 is 0 Å². The maximum atomic E-state index is 12.0. The summed E-state index contributed by atoms with van der Waals surface area (Å²) >= 11 is 0. The second-order valence-electron chi connectivity index (χ2n) is 4.01. The first-order valence-corrected chi connectivity index (χ1v) is 5.72. The van der Waals surface area contributed by atoms with E-state index in [0.717, 1.165) is 10.9 Å². The molecule has 6 nitrogen and oxygen atoms in total. The first kappa shape index (κ1) is 13.1. The average Bonchev–Trinajstić information content (AvgIpc) is 2.90. The Morgan fingerprint density at radius 2 is 2.21 bits per heavy atom. The molecule has 0 bridgehead atoms. The van der Waals surface area contributed by atoms with Crippen LogP contribution < -0.4 is 5.32 Å². The lowest BCUT2D eigenvalue weighted by atomic mass is 10.1. The van der Waals surface area contributed by atoms with Gasteiger partial charge in [-0.15, -0.1) is 0 Å². The smallest absolute Gasteiger partial charge is 0.330 e. The summed E-state index contributed by atoms with van der Waals surface area (Å²) in [6.07, 6.45) is 1.78. The van der Waals surface area contributed by atoms with Crippen molar-refractivity contribution in [1.29, 1.82) is 0 Å². The number of fused-ring (bicyclic) bond motifs is 1. The van der Waals surface area contributed by atoms with E-state index >= 15 is 0 Å². The number of H-pyrrole nitrogens is 1. The van der Waals surface area contributed by atoms with Gasteiger partial charge in [0.25, 0.3) is 5.91 Å². The zero-order valence-corrected chi connectivity index (χ0v) is 10.3. The number of benzene rings is 1. The second kappa shape index (κ2) is 5.53. The molecule has 6 heteroatoms. The third-order valence-corrected chi connectivity index (χ3v) is 2.79. The molecule has 1 aromatic heterocycles. The Bertz CT molecular complexity index is 605. The van der Waals surface area contributed by atoms with E-state index in [4.69, 9.17) is 5.11 Å². The Labute approximate surface area is 109 Å². The molecule has 100 valence electrons. The lowest BCUT2D eigenvalue weighted by Gasteiger charge is -2.13. The topological polar surface area (TPSA) is 91.4 Å². The fraction of sp³-hybridized carbons (Fsp3) is 0.231. The molecule has 0 fully saturated rings. The van der Waals surface area contributed by atoms with Gasteiger partial charge in [0.15, 0.2) is 6.04 Å². The van der Waals surface area contributed by atoms with Gasteiger partial charge in [-0.1, -0.05) is 6.07 Å². The van der Waals surface area contributed by atoms with Gasteiger partial charge in [0.2, 0.25) is 0 Å². The highest BCUT2D eigenvalue weighted by atomic mass is 16.5. The molecule has 2 aromatic rings. The zero-order valence-electron chi connectivity index (χ0n) is 10.3. The summed E-state index contributed by atoms with van der Waals surface area (Å²) < 4.78 is 4.48. The number of carbonyl (C=O) groups excluding carboxylic acids is 2. The summed E-state index contributed by atoms with van der Waals surface area (Å²) in [4.78, 5) is 26.2. The number of aromatic amines is 1. The molecular formula is C13H14N2O4. The van der Waals surface area contributed by atoms with Gasteiger partial charge in [0.1, 0.15) is 0 Å². The molecule has 1 aromatic carbocycles. The summed E-state index contributed by atoms with van der Waals surface area (Å²) in [5.41, 5.74) is 1.23. The van der Waals surface area contributed by atoms with Gasteiger partial charge in [0.05, 0.1) is 13.7 Å². The molecule has 1 atom stereocenters. The zero-order chi connectivity index (χ0) is 13.8. The maximum Gasteiger partial charge on any atom is 0.330 e. The van der Waals surface area contributed by atoms with Gasteiger partial charge in [-0.2, -0.15) is 0 Å². The standard InChI is InChI=1S/C13H14N2O4/c1-19-13(18)11(7-16)15-12(17)9-3-2-8-4-5-14-10(8)6-9/h2-6,11,14,16H,7H2,1H3,(H,15,17). The number of aliphatic hydroxyl groups is 1. The van der Waals surface area contributed by atoms with Crippen LogP contribution in [-0.2, 0) is 9.53 Å². The average molecular weight is 262 g/mol. The Morgan fingerprint density at radius 3 is 2.89 bits per heavy atom. The lowest BCUT2D eigenvalue weighted by Crippen LogP contribution is -2.44. The number of aliphatic hydroxyl groups excluding tert-OH is 1. The van der Waals surface area contributed by atoms with Gasteiger partial charge in [-0.25, -0.2) is 4.79 Å². The Hall–Kier alpha value is -2.34. The molecule has 0 aliphatic rings. The highest BCUT2D eigenvalue weighted by molar-refractivity contribution is 5.99. The van der Waals surface area contributed by atoms with Crippen LogP contribution in [0.15, 0.2) is 30.5 Å². The highest BCUT2D eigenvalue weighted by Gasteiger charge is 2.21. The van der Waals surface area contributed by atoms with E-state index in [1.54, 1.807) is 24.4 Å². The van der Waals surface area contributed by atoms with Crippen LogP contribution in [0.1, 0.15) is 10.4 Å². The van der Waals surface area contributed by atoms with E-state index < -0.39 is 24.5 Å². The highest BCUT2D eigenvalue weighted by Crippen LogP contribution is 2.14. The number of carbonyl (C=O) groups is 2. The third kappa shape index (κ3) is 2.74. The fourth-order valence-electron chi connectivity index (χ4n) is 1.75. The third-order valence-electron chi connectivity index (χ3n) is 2.79. The number of nitrogens with one attached hydrogen (secondary N) is 2. The van der Waals surface area contributed by atoms with Crippen molar-refractivity contribution < 1.29 is 19.4 Å². The summed E-state index contributed by atoms with van der Waals surface area (Å²) in [6, 6.07) is 5.96. The van der Waals surface area contributed by atoms with Crippen molar-refractivity contribution in [1.82, 2.24) is 10.3 Å². The summed E-state index contributed by atoms with van der Waals surface area (Å²) in [5.74, 6) is -1.13. The summed E-state index contributed by atoms with van der Waals surface area (Å²) in [6.45, 7) is -0.511. The number of methoxy groups -OCH3 is 1. The number of ether oxygens (including phenoxy) is 1. The molecule has 0 spiro atoms.